The van der Waals surface area contributed by atoms with Crippen molar-refractivity contribution in [3.8, 4) is 0 Å². The molecule has 4 heteroatoms. The van der Waals surface area contributed by atoms with Gasteiger partial charge in [-0.3, -0.25) is 0 Å². The first-order valence-electron chi connectivity index (χ1n) is 5.08. The Morgan fingerprint density at radius 2 is 2.43 bits per heavy atom. The van der Waals surface area contributed by atoms with Crippen molar-refractivity contribution in [3.63, 3.8) is 0 Å². The number of hydrogen-bond acceptors (Lipinski definition) is 2. The zero-order valence-electron chi connectivity index (χ0n) is 8.68. The van der Waals surface area contributed by atoms with E-state index < -0.39 is 0 Å². The first-order chi connectivity index (χ1) is 6.72. The second-order valence-corrected chi connectivity index (χ2v) is 4.34. The molecule has 1 aliphatic heterocycles. The molecule has 1 N–H and O–H groups in total. The number of halogens is 1. The van der Waals surface area contributed by atoms with Gasteiger partial charge in [-0.1, -0.05) is 11.6 Å². The molecule has 0 fully saturated rings. The fourth-order valence-corrected chi connectivity index (χ4v) is 2.33. The highest BCUT2D eigenvalue weighted by molar-refractivity contribution is 6.30. The normalized spacial score (nSPS) is 20.9. The molecule has 1 atom stereocenters. The van der Waals surface area contributed by atoms with E-state index in [4.69, 9.17) is 11.6 Å². The summed E-state index contributed by atoms with van der Waals surface area (Å²) in [4.78, 5) is 4.46. The molecule has 2 rings (SSSR count). The van der Waals surface area contributed by atoms with Gasteiger partial charge in [0, 0.05) is 13.0 Å². The van der Waals surface area contributed by atoms with E-state index in [1.807, 2.05) is 14.0 Å². The van der Waals surface area contributed by atoms with Crippen molar-refractivity contribution in [2.75, 3.05) is 13.6 Å². The molecule has 0 aromatic carbocycles. The molecule has 1 aliphatic rings. The highest BCUT2D eigenvalue weighted by Crippen LogP contribution is 2.25. The Bertz CT molecular complexity index is 332. The monoisotopic (exact) mass is 213 g/mol. The summed E-state index contributed by atoms with van der Waals surface area (Å²) in [5, 5.41) is 4.04. The van der Waals surface area contributed by atoms with Crippen molar-refractivity contribution < 1.29 is 0 Å². The number of imidazole rings is 1. The Kier molecular flexibility index (Phi) is 2.79. The minimum absolute atomic E-state index is 0.693. The third-order valence-corrected chi connectivity index (χ3v) is 3.33. The Balaban J connectivity index is 2.20. The molecule has 1 aromatic heterocycles. The van der Waals surface area contributed by atoms with E-state index in [9.17, 15) is 0 Å². The molecule has 0 amide bonds. The maximum absolute atomic E-state index is 6.17. The lowest BCUT2D eigenvalue weighted by Gasteiger charge is -2.23. The summed E-state index contributed by atoms with van der Waals surface area (Å²) in [7, 11) is 2.00. The minimum Gasteiger partial charge on any atom is -0.319 e. The standard InChI is InChI=1S/C10H16ClN3/c1-7-10(11)14-6-8(5-12-2)3-4-9(14)13-7/h8,12H,3-6H2,1-2H3. The number of aromatic nitrogens is 2. The smallest absolute Gasteiger partial charge is 0.131 e. The number of rotatable bonds is 2. The third kappa shape index (κ3) is 1.66. The third-order valence-electron chi connectivity index (χ3n) is 2.85. The lowest BCUT2D eigenvalue weighted by atomic mass is 10.00. The van der Waals surface area contributed by atoms with Crippen LogP contribution in [-0.4, -0.2) is 23.1 Å². The molecule has 1 aromatic rings. The molecule has 2 heterocycles. The van der Waals surface area contributed by atoms with Gasteiger partial charge in [-0.05, 0) is 32.9 Å². The first kappa shape index (κ1) is 9.99. The second-order valence-electron chi connectivity index (χ2n) is 3.98. The minimum atomic E-state index is 0.693. The second kappa shape index (κ2) is 3.91. The van der Waals surface area contributed by atoms with Crippen LogP contribution in [0.15, 0.2) is 0 Å². The molecular weight excluding hydrogens is 198 g/mol. The van der Waals surface area contributed by atoms with Crippen LogP contribution in [0.1, 0.15) is 17.9 Å². The van der Waals surface area contributed by atoms with Crippen molar-refractivity contribution in [2.24, 2.45) is 5.92 Å². The molecule has 0 bridgehead atoms. The Labute approximate surface area is 89.5 Å². The average molecular weight is 214 g/mol. The quantitative estimate of drug-likeness (QED) is 0.810. The van der Waals surface area contributed by atoms with Crippen molar-refractivity contribution in [2.45, 2.75) is 26.3 Å². The van der Waals surface area contributed by atoms with Gasteiger partial charge in [-0.2, -0.15) is 0 Å². The molecule has 0 radical (unpaired) electrons. The summed E-state index contributed by atoms with van der Waals surface area (Å²) >= 11 is 6.17. The van der Waals surface area contributed by atoms with Crippen molar-refractivity contribution in [1.82, 2.24) is 14.9 Å². The SMILES string of the molecule is CNCC1CCc2nc(C)c(Cl)n2C1. The highest BCUT2D eigenvalue weighted by atomic mass is 35.5. The number of fused-ring (bicyclic) bond motifs is 1. The van der Waals surface area contributed by atoms with Crippen LogP contribution in [0.5, 0.6) is 0 Å². The molecule has 1 unspecified atom stereocenters. The van der Waals surface area contributed by atoms with Gasteiger partial charge in [0.1, 0.15) is 11.0 Å². The molecule has 0 saturated carbocycles. The summed E-state index contributed by atoms with van der Waals surface area (Å²) in [6, 6.07) is 0. The molecule has 0 saturated heterocycles. The van der Waals surface area contributed by atoms with Gasteiger partial charge in [0.15, 0.2) is 0 Å². The predicted molar refractivity (Wildman–Crippen MR) is 57.7 cm³/mol. The maximum Gasteiger partial charge on any atom is 0.131 e. The maximum atomic E-state index is 6.17. The highest BCUT2D eigenvalue weighted by Gasteiger charge is 2.22. The Morgan fingerprint density at radius 1 is 1.64 bits per heavy atom. The van der Waals surface area contributed by atoms with Crippen LogP contribution in [0.3, 0.4) is 0 Å². The predicted octanol–water partition coefficient (Wildman–Crippen LogP) is 1.63. The van der Waals surface area contributed by atoms with E-state index in [1.54, 1.807) is 0 Å². The molecule has 0 spiro atoms. The summed E-state index contributed by atoms with van der Waals surface area (Å²) in [5.74, 6) is 1.85. The molecule has 14 heavy (non-hydrogen) atoms. The average Bonchev–Trinajstić information content (AvgIpc) is 2.45. The largest absolute Gasteiger partial charge is 0.319 e. The van der Waals surface area contributed by atoms with Crippen LogP contribution >= 0.6 is 11.6 Å². The van der Waals surface area contributed by atoms with E-state index in [-0.39, 0.29) is 0 Å². The van der Waals surface area contributed by atoms with Gasteiger partial charge in [0.2, 0.25) is 0 Å². The number of nitrogens with one attached hydrogen (secondary N) is 1. The van der Waals surface area contributed by atoms with Gasteiger partial charge in [-0.15, -0.1) is 0 Å². The van der Waals surface area contributed by atoms with E-state index in [0.29, 0.717) is 5.92 Å². The lowest BCUT2D eigenvalue weighted by molar-refractivity contribution is 0.356. The molecule has 3 nitrogen and oxygen atoms in total. The first-order valence-corrected chi connectivity index (χ1v) is 5.46. The van der Waals surface area contributed by atoms with Gasteiger partial charge in [0.05, 0.1) is 5.69 Å². The Morgan fingerprint density at radius 3 is 3.14 bits per heavy atom. The van der Waals surface area contributed by atoms with Crippen LogP contribution < -0.4 is 5.32 Å². The summed E-state index contributed by atoms with van der Waals surface area (Å²) in [5.41, 5.74) is 0.965. The molecular formula is C10H16ClN3. The summed E-state index contributed by atoms with van der Waals surface area (Å²) in [6.07, 6.45) is 2.27. The van der Waals surface area contributed by atoms with Gasteiger partial charge in [0.25, 0.3) is 0 Å². The van der Waals surface area contributed by atoms with Crippen molar-refractivity contribution in [3.05, 3.63) is 16.7 Å². The van der Waals surface area contributed by atoms with E-state index in [2.05, 4.69) is 14.9 Å². The van der Waals surface area contributed by atoms with E-state index in [1.165, 1.54) is 6.42 Å². The van der Waals surface area contributed by atoms with Crippen molar-refractivity contribution in [1.29, 1.82) is 0 Å². The number of nitrogens with zero attached hydrogens (tertiary/aromatic N) is 2. The van der Waals surface area contributed by atoms with Crippen LogP contribution in [0.25, 0.3) is 0 Å². The Hall–Kier alpha value is -0.540. The molecule has 0 aliphatic carbocycles. The number of aryl methyl sites for hydroxylation is 2. The lowest BCUT2D eigenvalue weighted by Crippen LogP contribution is -2.28. The summed E-state index contributed by atoms with van der Waals surface area (Å²) < 4.78 is 2.16. The van der Waals surface area contributed by atoms with Crippen LogP contribution in [0.4, 0.5) is 0 Å². The molecule has 78 valence electrons. The van der Waals surface area contributed by atoms with Gasteiger partial charge >= 0.3 is 0 Å². The van der Waals surface area contributed by atoms with Gasteiger partial charge < -0.3 is 9.88 Å². The zero-order chi connectivity index (χ0) is 10.1. The topological polar surface area (TPSA) is 29.9 Å². The van der Waals surface area contributed by atoms with E-state index >= 15 is 0 Å². The van der Waals surface area contributed by atoms with Crippen LogP contribution in [0, 0.1) is 12.8 Å². The van der Waals surface area contributed by atoms with Crippen LogP contribution in [0.2, 0.25) is 5.15 Å². The fraction of sp³-hybridized carbons (Fsp3) is 0.700. The van der Waals surface area contributed by atoms with Gasteiger partial charge in [-0.25, -0.2) is 4.98 Å². The zero-order valence-corrected chi connectivity index (χ0v) is 9.43. The number of hydrogen-bond donors (Lipinski definition) is 1. The van der Waals surface area contributed by atoms with Crippen LogP contribution in [-0.2, 0) is 13.0 Å². The summed E-state index contributed by atoms with van der Waals surface area (Å²) in [6.45, 7) is 4.05. The van der Waals surface area contributed by atoms with E-state index in [0.717, 1.165) is 36.2 Å². The fourth-order valence-electron chi connectivity index (χ4n) is 2.12. The van der Waals surface area contributed by atoms with Crippen molar-refractivity contribution >= 4 is 11.6 Å².